The van der Waals surface area contributed by atoms with Gasteiger partial charge in [0.25, 0.3) is 0 Å². The molecule has 3 aromatic rings. The molecule has 0 aliphatic heterocycles. The summed E-state index contributed by atoms with van der Waals surface area (Å²) in [5, 5.41) is 4.54. The maximum Gasteiger partial charge on any atom is 0.0928 e. The van der Waals surface area contributed by atoms with Crippen molar-refractivity contribution in [2.75, 3.05) is 0 Å². The maximum atomic E-state index is 4.54. The average molecular weight is 264 g/mol. The Labute approximate surface area is 118 Å². The lowest BCUT2D eigenvalue weighted by atomic mass is 10.2. The lowest BCUT2D eigenvalue weighted by molar-refractivity contribution is 0.860. The van der Waals surface area contributed by atoms with E-state index >= 15 is 0 Å². The normalized spacial score (nSPS) is 10.7. The lowest BCUT2D eigenvalue weighted by Crippen LogP contribution is -2.00. The Kier molecular flexibility index (Phi) is 3.29. The summed E-state index contributed by atoms with van der Waals surface area (Å²) in [7, 11) is 0. The van der Waals surface area contributed by atoms with Crippen LogP contribution in [0.1, 0.15) is 18.2 Å². The molecule has 3 heterocycles. The highest BCUT2D eigenvalue weighted by atomic mass is 15.3. The Bertz CT molecular complexity index is 699. The first-order valence-corrected chi connectivity index (χ1v) is 6.70. The lowest BCUT2D eigenvalue weighted by Gasteiger charge is -2.06. The molecular weight excluding hydrogens is 248 g/mol. The number of rotatable bonds is 3. The van der Waals surface area contributed by atoms with E-state index in [-0.39, 0.29) is 0 Å². The minimum Gasteiger partial charge on any atom is -0.262 e. The van der Waals surface area contributed by atoms with Gasteiger partial charge < -0.3 is 0 Å². The molecule has 100 valence electrons. The summed E-state index contributed by atoms with van der Waals surface area (Å²) in [6.45, 7) is 4.11. The van der Waals surface area contributed by atoms with Crippen molar-refractivity contribution in [2.45, 2.75) is 20.3 Å². The van der Waals surface area contributed by atoms with Crippen LogP contribution in [0.25, 0.3) is 17.1 Å². The molecule has 0 aliphatic carbocycles. The molecule has 0 radical (unpaired) electrons. The summed E-state index contributed by atoms with van der Waals surface area (Å²) in [6.07, 6.45) is 6.48. The Morgan fingerprint density at radius 1 is 1.15 bits per heavy atom. The monoisotopic (exact) mass is 264 g/mol. The van der Waals surface area contributed by atoms with Crippen LogP contribution in [-0.2, 0) is 6.42 Å². The second-order valence-electron chi connectivity index (χ2n) is 4.70. The van der Waals surface area contributed by atoms with Gasteiger partial charge in [0, 0.05) is 12.4 Å². The van der Waals surface area contributed by atoms with Gasteiger partial charge in [-0.1, -0.05) is 13.0 Å². The fourth-order valence-corrected chi connectivity index (χ4v) is 2.14. The molecule has 0 bridgehead atoms. The van der Waals surface area contributed by atoms with Crippen molar-refractivity contribution in [3.05, 3.63) is 60.2 Å². The van der Waals surface area contributed by atoms with Crippen LogP contribution in [0.3, 0.4) is 0 Å². The second kappa shape index (κ2) is 5.25. The van der Waals surface area contributed by atoms with E-state index in [1.165, 1.54) is 5.56 Å². The van der Waals surface area contributed by atoms with Crippen molar-refractivity contribution in [1.82, 2.24) is 19.7 Å². The first-order chi connectivity index (χ1) is 9.78. The molecular formula is C16H16N4. The first kappa shape index (κ1) is 12.5. The van der Waals surface area contributed by atoms with E-state index in [1.807, 2.05) is 42.1 Å². The number of pyridine rings is 2. The summed E-state index contributed by atoms with van der Waals surface area (Å²) < 4.78 is 1.89. The van der Waals surface area contributed by atoms with Crippen molar-refractivity contribution in [3.63, 3.8) is 0 Å². The van der Waals surface area contributed by atoms with Gasteiger partial charge in [-0.2, -0.15) is 5.10 Å². The Balaban J connectivity index is 2.09. The zero-order valence-corrected chi connectivity index (χ0v) is 11.6. The van der Waals surface area contributed by atoms with Crippen molar-refractivity contribution in [3.8, 4) is 17.1 Å². The predicted molar refractivity (Wildman–Crippen MR) is 78.7 cm³/mol. The van der Waals surface area contributed by atoms with Crippen molar-refractivity contribution in [2.24, 2.45) is 0 Å². The van der Waals surface area contributed by atoms with E-state index in [2.05, 4.69) is 28.1 Å². The number of aromatic nitrogens is 4. The van der Waals surface area contributed by atoms with Crippen LogP contribution in [0.4, 0.5) is 0 Å². The van der Waals surface area contributed by atoms with Gasteiger partial charge in [0.2, 0.25) is 0 Å². The molecule has 0 aromatic carbocycles. The van der Waals surface area contributed by atoms with Crippen LogP contribution in [-0.4, -0.2) is 19.7 Å². The molecule has 0 spiro atoms. The minimum absolute atomic E-state index is 0.923. The van der Waals surface area contributed by atoms with Gasteiger partial charge in [0.05, 0.1) is 29.0 Å². The van der Waals surface area contributed by atoms with Gasteiger partial charge in [0.1, 0.15) is 0 Å². The molecule has 0 amide bonds. The smallest absolute Gasteiger partial charge is 0.0928 e. The summed E-state index contributed by atoms with van der Waals surface area (Å²) in [4.78, 5) is 8.69. The number of hydrogen-bond acceptors (Lipinski definition) is 3. The van der Waals surface area contributed by atoms with Crippen LogP contribution in [0, 0.1) is 6.92 Å². The van der Waals surface area contributed by atoms with Crippen LogP contribution in [0.5, 0.6) is 0 Å². The molecule has 0 unspecified atom stereocenters. The molecule has 0 saturated carbocycles. The second-order valence-corrected chi connectivity index (χ2v) is 4.70. The van der Waals surface area contributed by atoms with Gasteiger partial charge in [-0.05, 0) is 43.2 Å². The largest absolute Gasteiger partial charge is 0.262 e. The van der Waals surface area contributed by atoms with Gasteiger partial charge in [-0.3, -0.25) is 9.97 Å². The molecule has 0 atom stereocenters. The summed E-state index contributed by atoms with van der Waals surface area (Å²) in [5.41, 5.74) is 5.05. The van der Waals surface area contributed by atoms with E-state index < -0.39 is 0 Å². The maximum absolute atomic E-state index is 4.54. The van der Waals surface area contributed by atoms with Crippen molar-refractivity contribution in [1.29, 1.82) is 0 Å². The Morgan fingerprint density at radius 3 is 2.70 bits per heavy atom. The number of aryl methyl sites for hydroxylation is 2. The van der Waals surface area contributed by atoms with E-state index in [0.717, 1.165) is 29.2 Å². The third-order valence-corrected chi connectivity index (χ3v) is 3.22. The fourth-order valence-electron chi connectivity index (χ4n) is 2.14. The molecule has 3 aromatic heterocycles. The SMILES string of the molecule is CCc1ccc(-c2cc(C)nn2-c2cccnc2)nc1. The van der Waals surface area contributed by atoms with E-state index in [1.54, 1.807) is 12.4 Å². The molecule has 0 aliphatic rings. The van der Waals surface area contributed by atoms with Crippen molar-refractivity contribution >= 4 is 0 Å². The van der Waals surface area contributed by atoms with E-state index in [9.17, 15) is 0 Å². The van der Waals surface area contributed by atoms with Crippen LogP contribution in [0.15, 0.2) is 48.9 Å². The zero-order valence-electron chi connectivity index (χ0n) is 11.6. The Morgan fingerprint density at radius 2 is 2.05 bits per heavy atom. The number of nitrogens with zero attached hydrogens (tertiary/aromatic N) is 4. The standard InChI is InChI=1S/C16H16N4/c1-3-13-6-7-15(18-10-13)16-9-12(2)19-20(16)14-5-4-8-17-11-14/h4-11H,3H2,1-2H3. The highest BCUT2D eigenvalue weighted by Crippen LogP contribution is 2.22. The summed E-state index contributed by atoms with van der Waals surface area (Å²) in [5.74, 6) is 0. The number of hydrogen-bond donors (Lipinski definition) is 0. The fraction of sp³-hybridized carbons (Fsp3) is 0.188. The van der Waals surface area contributed by atoms with Gasteiger partial charge in [-0.25, -0.2) is 4.68 Å². The Hall–Kier alpha value is -2.49. The predicted octanol–water partition coefficient (Wildman–Crippen LogP) is 3.20. The minimum atomic E-state index is 0.923. The average Bonchev–Trinajstić information content (AvgIpc) is 2.90. The highest BCUT2D eigenvalue weighted by Gasteiger charge is 2.10. The third kappa shape index (κ3) is 2.32. The molecule has 0 N–H and O–H groups in total. The molecule has 3 rings (SSSR count). The summed E-state index contributed by atoms with van der Waals surface area (Å²) >= 11 is 0. The summed E-state index contributed by atoms with van der Waals surface area (Å²) in [6, 6.07) is 10.1. The van der Waals surface area contributed by atoms with Gasteiger partial charge >= 0.3 is 0 Å². The zero-order chi connectivity index (χ0) is 13.9. The van der Waals surface area contributed by atoms with Crippen molar-refractivity contribution < 1.29 is 0 Å². The van der Waals surface area contributed by atoms with Crippen LogP contribution < -0.4 is 0 Å². The van der Waals surface area contributed by atoms with Gasteiger partial charge in [-0.15, -0.1) is 0 Å². The van der Waals surface area contributed by atoms with Crippen LogP contribution in [0.2, 0.25) is 0 Å². The first-order valence-electron chi connectivity index (χ1n) is 6.70. The molecule has 4 nitrogen and oxygen atoms in total. The molecule has 4 heteroatoms. The molecule has 0 saturated heterocycles. The molecule has 20 heavy (non-hydrogen) atoms. The third-order valence-electron chi connectivity index (χ3n) is 3.22. The topological polar surface area (TPSA) is 43.6 Å². The molecule has 0 fully saturated rings. The van der Waals surface area contributed by atoms with E-state index in [4.69, 9.17) is 0 Å². The highest BCUT2D eigenvalue weighted by molar-refractivity contribution is 5.58. The van der Waals surface area contributed by atoms with Gasteiger partial charge in [0.15, 0.2) is 0 Å². The quantitative estimate of drug-likeness (QED) is 0.729. The van der Waals surface area contributed by atoms with E-state index in [0.29, 0.717) is 0 Å². The van der Waals surface area contributed by atoms with Crippen LogP contribution >= 0.6 is 0 Å².